The third-order valence-corrected chi connectivity index (χ3v) is 4.03. The van der Waals surface area contributed by atoms with E-state index in [1.807, 2.05) is 31.3 Å². The van der Waals surface area contributed by atoms with Crippen LogP contribution >= 0.6 is 0 Å². The van der Waals surface area contributed by atoms with E-state index in [9.17, 15) is 0 Å². The number of aryl methyl sites for hydroxylation is 1. The van der Waals surface area contributed by atoms with E-state index in [0.29, 0.717) is 6.04 Å². The fraction of sp³-hybridized carbons (Fsp3) is 0.500. The first-order valence-corrected chi connectivity index (χ1v) is 6.78. The zero-order valence-electron chi connectivity index (χ0n) is 11.6. The number of hydrogen-bond donors (Lipinski definition) is 0. The lowest BCUT2D eigenvalue weighted by atomic mass is 10.1. The Balaban J connectivity index is 1.83. The van der Waals surface area contributed by atoms with Gasteiger partial charge >= 0.3 is 0 Å². The number of hydrogen-bond acceptors (Lipinski definition) is 4. The van der Waals surface area contributed by atoms with Gasteiger partial charge in [-0.05, 0) is 44.4 Å². The van der Waals surface area contributed by atoms with Crippen LogP contribution in [0, 0.1) is 12.8 Å². The summed E-state index contributed by atoms with van der Waals surface area (Å²) in [6.07, 6.45) is 3.13. The van der Waals surface area contributed by atoms with E-state index < -0.39 is 0 Å². The van der Waals surface area contributed by atoms with Gasteiger partial charge in [0.2, 0.25) is 0 Å². The largest absolute Gasteiger partial charge is 0.352 e. The second-order valence-corrected chi connectivity index (χ2v) is 5.35. The van der Waals surface area contributed by atoms with Gasteiger partial charge < -0.3 is 4.90 Å². The Morgan fingerprint density at radius 1 is 1.11 bits per heavy atom. The first-order chi connectivity index (χ1) is 9.15. The Labute approximate surface area is 113 Å². The second-order valence-electron chi connectivity index (χ2n) is 5.35. The minimum absolute atomic E-state index is 0.534. The van der Waals surface area contributed by atoms with Crippen LogP contribution in [0.3, 0.4) is 0 Å². The Bertz CT molecular complexity index is 559. The molecular formula is C14H19N5. The van der Waals surface area contributed by atoms with Gasteiger partial charge in [0.15, 0.2) is 11.6 Å². The van der Waals surface area contributed by atoms with Crippen LogP contribution in [0.25, 0.3) is 5.82 Å². The molecule has 5 nitrogen and oxygen atoms in total. The van der Waals surface area contributed by atoms with Crippen molar-refractivity contribution in [2.75, 3.05) is 11.4 Å². The van der Waals surface area contributed by atoms with E-state index in [0.717, 1.165) is 29.8 Å². The predicted octanol–water partition coefficient (Wildman–Crippen LogP) is 2.21. The number of nitrogens with zero attached hydrogens (tertiary/aromatic N) is 5. The first-order valence-electron chi connectivity index (χ1n) is 6.78. The zero-order valence-corrected chi connectivity index (χ0v) is 11.6. The highest BCUT2D eigenvalue weighted by atomic mass is 15.4. The maximum atomic E-state index is 4.35. The van der Waals surface area contributed by atoms with Crippen LogP contribution in [0.1, 0.15) is 26.0 Å². The summed E-state index contributed by atoms with van der Waals surface area (Å²) in [6.45, 7) is 7.58. The molecule has 1 fully saturated rings. The molecular weight excluding hydrogens is 238 g/mol. The van der Waals surface area contributed by atoms with Crippen molar-refractivity contribution in [1.29, 1.82) is 0 Å². The van der Waals surface area contributed by atoms with Gasteiger partial charge in [-0.3, -0.25) is 0 Å². The molecule has 0 spiro atoms. The molecule has 5 heteroatoms. The monoisotopic (exact) mass is 257 g/mol. The maximum absolute atomic E-state index is 4.35. The summed E-state index contributed by atoms with van der Waals surface area (Å²) in [4.78, 5) is 2.33. The molecule has 3 rings (SSSR count). The minimum Gasteiger partial charge on any atom is -0.352 e. The van der Waals surface area contributed by atoms with E-state index >= 15 is 0 Å². The smallest absolute Gasteiger partial charge is 0.175 e. The molecule has 1 aliphatic rings. The van der Waals surface area contributed by atoms with E-state index in [4.69, 9.17) is 0 Å². The molecule has 0 bridgehead atoms. The third kappa shape index (κ3) is 2.20. The van der Waals surface area contributed by atoms with Crippen molar-refractivity contribution in [3.05, 3.63) is 30.1 Å². The standard InChI is InChI=1S/C14H19N5/c1-10-6-8-18(12(10)3)13-4-5-14(16-15-13)19-9-7-11(2)17-19/h4-5,7,9-10,12H,6,8H2,1-3H3. The average molecular weight is 257 g/mol. The summed E-state index contributed by atoms with van der Waals surface area (Å²) >= 11 is 0. The molecule has 100 valence electrons. The van der Waals surface area contributed by atoms with Crippen molar-refractivity contribution in [1.82, 2.24) is 20.0 Å². The second kappa shape index (κ2) is 4.64. The Morgan fingerprint density at radius 2 is 1.84 bits per heavy atom. The highest BCUT2D eigenvalue weighted by Crippen LogP contribution is 2.27. The maximum Gasteiger partial charge on any atom is 0.175 e. The summed E-state index contributed by atoms with van der Waals surface area (Å²) < 4.78 is 1.75. The van der Waals surface area contributed by atoms with Gasteiger partial charge in [-0.2, -0.15) is 5.10 Å². The summed E-state index contributed by atoms with van der Waals surface area (Å²) in [5, 5.41) is 13.0. The van der Waals surface area contributed by atoms with Crippen molar-refractivity contribution >= 4 is 5.82 Å². The van der Waals surface area contributed by atoms with E-state index in [1.165, 1.54) is 6.42 Å². The Morgan fingerprint density at radius 3 is 2.37 bits per heavy atom. The molecule has 0 aliphatic carbocycles. The molecule has 0 N–H and O–H groups in total. The van der Waals surface area contributed by atoms with E-state index in [1.54, 1.807) is 4.68 Å². The number of anilines is 1. The molecule has 1 aliphatic heterocycles. The summed E-state index contributed by atoms with van der Waals surface area (Å²) in [5.41, 5.74) is 0.980. The van der Waals surface area contributed by atoms with Crippen molar-refractivity contribution in [3.63, 3.8) is 0 Å². The van der Waals surface area contributed by atoms with Gasteiger partial charge in [0.25, 0.3) is 0 Å². The fourth-order valence-electron chi connectivity index (χ4n) is 2.55. The quantitative estimate of drug-likeness (QED) is 0.827. The highest BCUT2D eigenvalue weighted by molar-refractivity contribution is 5.42. The third-order valence-electron chi connectivity index (χ3n) is 4.03. The summed E-state index contributed by atoms with van der Waals surface area (Å²) in [7, 11) is 0. The minimum atomic E-state index is 0.534. The lowest BCUT2D eigenvalue weighted by Crippen LogP contribution is -2.30. The van der Waals surface area contributed by atoms with Gasteiger partial charge in [0, 0.05) is 18.8 Å². The summed E-state index contributed by atoms with van der Waals surface area (Å²) in [6, 6.07) is 6.50. The molecule has 2 aromatic rings. The Kier molecular flexibility index (Phi) is 2.97. The molecule has 2 unspecified atom stereocenters. The van der Waals surface area contributed by atoms with E-state index in [2.05, 4.69) is 34.0 Å². The van der Waals surface area contributed by atoms with Crippen LogP contribution in [0.4, 0.5) is 5.82 Å². The lowest BCUT2D eigenvalue weighted by molar-refractivity contribution is 0.543. The number of rotatable bonds is 2. The van der Waals surface area contributed by atoms with Gasteiger partial charge in [0.05, 0.1) is 5.69 Å². The van der Waals surface area contributed by atoms with Gasteiger partial charge in [-0.15, -0.1) is 10.2 Å². The lowest BCUT2D eigenvalue weighted by Gasteiger charge is -2.23. The van der Waals surface area contributed by atoms with E-state index in [-0.39, 0.29) is 0 Å². The van der Waals surface area contributed by atoms with Crippen molar-refractivity contribution < 1.29 is 0 Å². The highest BCUT2D eigenvalue weighted by Gasteiger charge is 2.28. The van der Waals surface area contributed by atoms with Gasteiger partial charge in [0.1, 0.15) is 0 Å². The molecule has 2 atom stereocenters. The van der Waals surface area contributed by atoms with Crippen LogP contribution in [0.15, 0.2) is 24.4 Å². The zero-order chi connectivity index (χ0) is 13.4. The van der Waals surface area contributed by atoms with Crippen LogP contribution in [0.2, 0.25) is 0 Å². The number of aromatic nitrogens is 4. The van der Waals surface area contributed by atoms with Gasteiger partial charge in [-0.1, -0.05) is 6.92 Å². The molecule has 19 heavy (non-hydrogen) atoms. The predicted molar refractivity (Wildman–Crippen MR) is 74.5 cm³/mol. The SMILES string of the molecule is Cc1ccn(-c2ccc(N3CCC(C)C3C)nn2)n1. The van der Waals surface area contributed by atoms with Crippen molar-refractivity contribution in [2.24, 2.45) is 5.92 Å². The molecule has 0 radical (unpaired) electrons. The van der Waals surface area contributed by atoms with Crippen LogP contribution in [0.5, 0.6) is 0 Å². The summed E-state index contributed by atoms with van der Waals surface area (Å²) in [5.74, 6) is 2.44. The fourth-order valence-corrected chi connectivity index (χ4v) is 2.55. The van der Waals surface area contributed by atoms with Crippen LogP contribution < -0.4 is 4.90 Å². The Hall–Kier alpha value is -1.91. The normalized spacial score (nSPS) is 23.0. The first kappa shape index (κ1) is 12.1. The van der Waals surface area contributed by atoms with Crippen LogP contribution in [-0.2, 0) is 0 Å². The van der Waals surface area contributed by atoms with Crippen molar-refractivity contribution in [2.45, 2.75) is 33.2 Å². The van der Waals surface area contributed by atoms with Crippen LogP contribution in [-0.4, -0.2) is 32.6 Å². The molecule has 0 amide bonds. The van der Waals surface area contributed by atoms with Crippen molar-refractivity contribution in [3.8, 4) is 5.82 Å². The molecule has 0 aromatic carbocycles. The van der Waals surface area contributed by atoms with Gasteiger partial charge in [-0.25, -0.2) is 4.68 Å². The molecule has 2 aromatic heterocycles. The molecule has 3 heterocycles. The molecule has 0 saturated carbocycles. The molecule has 1 saturated heterocycles. The topological polar surface area (TPSA) is 46.8 Å². The average Bonchev–Trinajstić information content (AvgIpc) is 2.98.